The smallest absolute Gasteiger partial charge is 0.321 e. The molecule has 6 nitrogen and oxygen atoms in total. The minimum Gasteiger partial charge on any atom is -0.381 e. The molecule has 1 aromatic carbocycles. The number of carbonyl (C=O) groups excluding carboxylic acids is 1. The van der Waals surface area contributed by atoms with E-state index in [2.05, 4.69) is 5.32 Å². The van der Waals surface area contributed by atoms with Crippen molar-refractivity contribution < 1.29 is 18.7 Å². The maximum absolute atomic E-state index is 14.5. The Bertz CT molecular complexity index is 662. The van der Waals surface area contributed by atoms with Gasteiger partial charge in [0.2, 0.25) is 0 Å². The first kappa shape index (κ1) is 19.9. The molecular weight excluding hydrogens is 349 g/mol. The molecule has 0 aliphatic carbocycles. The topological polar surface area (TPSA) is 54.0 Å². The highest BCUT2D eigenvalue weighted by atomic mass is 19.1. The second-order valence-corrected chi connectivity index (χ2v) is 7.89. The van der Waals surface area contributed by atoms with Crippen molar-refractivity contribution >= 4 is 17.4 Å². The fourth-order valence-electron chi connectivity index (χ4n) is 3.62. The summed E-state index contributed by atoms with van der Waals surface area (Å²) in [5.41, 5.74) is 0.943. The number of halogens is 1. The van der Waals surface area contributed by atoms with Crippen molar-refractivity contribution in [1.82, 2.24) is 4.90 Å². The van der Waals surface area contributed by atoms with Gasteiger partial charge >= 0.3 is 6.03 Å². The minimum atomic E-state index is -0.343. The maximum atomic E-state index is 14.5. The second-order valence-electron chi connectivity index (χ2n) is 7.89. The molecule has 0 unspecified atom stereocenters. The molecule has 3 rings (SSSR count). The highest BCUT2D eigenvalue weighted by molar-refractivity contribution is 5.89. The molecular formula is C20H30FN3O3. The van der Waals surface area contributed by atoms with Crippen LogP contribution in [0.1, 0.15) is 26.7 Å². The molecule has 0 radical (unpaired) electrons. The van der Waals surface area contributed by atoms with E-state index in [4.69, 9.17) is 9.47 Å². The predicted octanol–water partition coefficient (Wildman–Crippen LogP) is 3.33. The average Bonchev–Trinajstić information content (AvgIpc) is 2.84. The van der Waals surface area contributed by atoms with Crippen molar-refractivity contribution in [3.63, 3.8) is 0 Å². The van der Waals surface area contributed by atoms with Crippen LogP contribution in [-0.2, 0) is 9.47 Å². The first-order chi connectivity index (χ1) is 12.9. The third-order valence-corrected chi connectivity index (χ3v) is 5.63. The van der Waals surface area contributed by atoms with Crippen LogP contribution in [0, 0.1) is 11.2 Å². The molecule has 2 aliphatic rings. The van der Waals surface area contributed by atoms with E-state index in [1.807, 2.05) is 25.8 Å². The Morgan fingerprint density at radius 3 is 2.67 bits per heavy atom. The molecule has 1 N–H and O–H groups in total. The summed E-state index contributed by atoms with van der Waals surface area (Å²) in [4.78, 5) is 16.4. The molecule has 0 aromatic heterocycles. The van der Waals surface area contributed by atoms with Crippen molar-refractivity contribution in [2.75, 3.05) is 56.8 Å². The van der Waals surface area contributed by atoms with E-state index in [0.29, 0.717) is 50.9 Å². The van der Waals surface area contributed by atoms with Gasteiger partial charge in [0.15, 0.2) is 0 Å². The molecule has 150 valence electrons. The summed E-state index contributed by atoms with van der Waals surface area (Å²) in [7, 11) is 1.85. The lowest BCUT2D eigenvalue weighted by Gasteiger charge is -2.38. The first-order valence-electron chi connectivity index (χ1n) is 9.64. The van der Waals surface area contributed by atoms with Gasteiger partial charge < -0.3 is 24.6 Å². The number of ether oxygens (including phenoxy) is 2. The van der Waals surface area contributed by atoms with Gasteiger partial charge in [-0.05, 0) is 44.9 Å². The predicted molar refractivity (Wildman–Crippen MR) is 104 cm³/mol. The summed E-state index contributed by atoms with van der Waals surface area (Å²) >= 11 is 0. The highest BCUT2D eigenvalue weighted by Crippen LogP contribution is 2.33. The molecule has 0 bridgehead atoms. The maximum Gasteiger partial charge on any atom is 0.321 e. The number of anilines is 2. The number of carbonyl (C=O) groups is 1. The summed E-state index contributed by atoms with van der Waals surface area (Å²) in [6.07, 6.45) is 1.78. The van der Waals surface area contributed by atoms with Crippen molar-refractivity contribution in [2.24, 2.45) is 5.41 Å². The van der Waals surface area contributed by atoms with Crippen LogP contribution in [0.3, 0.4) is 0 Å². The van der Waals surface area contributed by atoms with Gasteiger partial charge in [-0.25, -0.2) is 9.18 Å². The van der Waals surface area contributed by atoms with E-state index < -0.39 is 0 Å². The van der Waals surface area contributed by atoms with Crippen molar-refractivity contribution in [2.45, 2.75) is 32.7 Å². The van der Waals surface area contributed by atoms with Crippen LogP contribution in [-0.4, -0.2) is 63.5 Å². The number of urea groups is 1. The Kier molecular flexibility index (Phi) is 6.22. The second kappa shape index (κ2) is 8.44. The van der Waals surface area contributed by atoms with Crippen LogP contribution in [0.25, 0.3) is 0 Å². The molecule has 2 saturated heterocycles. The zero-order valence-corrected chi connectivity index (χ0v) is 16.5. The number of nitrogens with zero attached hydrogens (tertiary/aromatic N) is 2. The largest absolute Gasteiger partial charge is 0.381 e. The van der Waals surface area contributed by atoms with Crippen molar-refractivity contribution in [1.29, 1.82) is 0 Å². The van der Waals surface area contributed by atoms with E-state index in [1.165, 1.54) is 6.07 Å². The van der Waals surface area contributed by atoms with Gasteiger partial charge in [0.1, 0.15) is 5.82 Å². The van der Waals surface area contributed by atoms with Crippen LogP contribution in [0.5, 0.6) is 0 Å². The van der Waals surface area contributed by atoms with Crippen molar-refractivity contribution in [3.05, 3.63) is 24.0 Å². The van der Waals surface area contributed by atoms with Crippen LogP contribution in [0.4, 0.5) is 20.6 Å². The standard InChI is InChI=1S/C20H30FN3O3/c1-15(2)23(3)18-5-4-16(12-17(18)21)22-19(25)24-8-11-27-14-20(13-24)6-9-26-10-7-20/h4-5,12,15H,6-11,13-14H2,1-3H3,(H,22,25). The van der Waals surface area contributed by atoms with Gasteiger partial charge in [0, 0.05) is 50.5 Å². The Labute approximate surface area is 160 Å². The molecule has 7 heteroatoms. The molecule has 2 aliphatic heterocycles. The highest BCUT2D eigenvalue weighted by Gasteiger charge is 2.38. The third kappa shape index (κ3) is 4.71. The molecule has 0 atom stereocenters. The van der Waals surface area contributed by atoms with Crippen molar-refractivity contribution in [3.8, 4) is 0 Å². The number of hydrogen-bond acceptors (Lipinski definition) is 4. The summed E-state index contributed by atoms with van der Waals surface area (Å²) in [5, 5.41) is 2.84. The zero-order chi connectivity index (χ0) is 19.4. The molecule has 0 saturated carbocycles. The Morgan fingerprint density at radius 1 is 1.26 bits per heavy atom. The number of nitrogens with one attached hydrogen (secondary N) is 1. The number of benzene rings is 1. The fourth-order valence-corrected chi connectivity index (χ4v) is 3.62. The summed E-state index contributed by atoms with van der Waals surface area (Å²) in [6.45, 7) is 7.76. The lowest BCUT2D eigenvalue weighted by atomic mass is 9.80. The third-order valence-electron chi connectivity index (χ3n) is 5.63. The Hall–Kier alpha value is -1.86. The number of hydrogen-bond donors (Lipinski definition) is 1. The van der Waals surface area contributed by atoms with E-state index in [9.17, 15) is 9.18 Å². The molecule has 1 spiro atoms. The molecule has 2 fully saturated rings. The van der Waals surface area contributed by atoms with E-state index in [1.54, 1.807) is 17.0 Å². The summed E-state index contributed by atoms with van der Waals surface area (Å²) < 4.78 is 25.7. The van der Waals surface area contributed by atoms with Crippen LogP contribution < -0.4 is 10.2 Å². The Morgan fingerprint density at radius 2 is 2.00 bits per heavy atom. The molecule has 2 heterocycles. The van der Waals surface area contributed by atoms with E-state index in [0.717, 1.165) is 12.8 Å². The van der Waals surface area contributed by atoms with E-state index >= 15 is 0 Å². The lowest BCUT2D eigenvalue weighted by Crippen LogP contribution is -2.46. The van der Waals surface area contributed by atoms with Gasteiger partial charge in [-0.2, -0.15) is 0 Å². The SMILES string of the molecule is CC(C)N(C)c1ccc(NC(=O)N2CCOCC3(CCOCC3)C2)cc1F. The number of rotatable bonds is 3. The van der Waals surface area contributed by atoms with Crippen LogP contribution in [0.2, 0.25) is 0 Å². The van der Waals surface area contributed by atoms with Gasteiger partial charge in [-0.3, -0.25) is 0 Å². The van der Waals surface area contributed by atoms with E-state index in [-0.39, 0.29) is 23.3 Å². The summed E-state index contributed by atoms with van der Waals surface area (Å²) in [6, 6.07) is 4.80. The summed E-state index contributed by atoms with van der Waals surface area (Å²) in [5.74, 6) is -0.343. The lowest BCUT2D eigenvalue weighted by molar-refractivity contribution is -0.0292. The minimum absolute atomic E-state index is 0.0405. The molecule has 2 amide bonds. The fraction of sp³-hybridized carbons (Fsp3) is 0.650. The zero-order valence-electron chi connectivity index (χ0n) is 16.5. The average molecular weight is 379 g/mol. The van der Waals surface area contributed by atoms with Crippen LogP contribution in [0.15, 0.2) is 18.2 Å². The van der Waals surface area contributed by atoms with Gasteiger partial charge in [0.25, 0.3) is 0 Å². The monoisotopic (exact) mass is 379 g/mol. The quantitative estimate of drug-likeness (QED) is 0.875. The molecule has 27 heavy (non-hydrogen) atoms. The van der Waals surface area contributed by atoms with Crippen LogP contribution >= 0.6 is 0 Å². The molecule has 1 aromatic rings. The normalized spacial score (nSPS) is 19.8. The Balaban J connectivity index is 1.68. The number of amides is 2. The first-order valence-corrected chi connectivity index (χ1v) is 9.64. The van der Waals surface area contributed by atoms with Gasteiger partial charge in [-0.15, -0.1) is 0 Å². The van der Waals surface area contributed by atoms with Gasteiger partial charge in [-0.1, -0.05) is 0 Å². The van der Waals surface area contributed by atoms with Gasteiger partial charge in [0.05, 0.1) is 18.9 Å².